The molecule has 0 unspecified atom stereocenters. The molecule has 0 aliphatic carbocycles. The number of nitrogens with zero attached hydrogens (tertiary/aromatic N) is 1. The Morgan fingerprint density at radius 1 is 1.14 bits per heavy atom. The zero-order chi connectivity index (χ0) is 15.8. The van der Waals surface area contributed by atoms with Crippen molar-refractivity contribution in [3.8, 4) is 0 Å². The van der Waals surface area contributed by atoms with Crippen LogP contribution in [0, 0.1) is 19.7 Å². The molecule has 112 valence electrons. The van der Waals surface area contributed by atoms with Gasteiger partial charge in [-0.05, 0) is 37.6 Å². The van der Waals surface area contributed by atoms with Crippen LogP contribution in [0.4, 0.5) is 15.8 Å². The van der Waals surface area contributed by atoms with Crippen LogP contribution >= 0.6 is 0 Å². The van der Waals surface area contributed by atoms with Gasteiger partial charge in [0.1, 0.15) is 5.82 Å². The van der Waals surface area contributed by atoms with E-state index in [9.17, 15) is 12.8 Å². The third-order valence-electron chi connectivity index (χ3n) is 3.41. The molecule has 0 aromatic heterocycles. The summed E-state index contributed by atoms with van der Waals surface area (Å²) in [4.78, 5) is -0.120. The topological polar surface area (TPSA) is 63.4 Å². The van der Waals surface area contributed by atoms with Crippen molar-refractivity contribution in [1.82, 2.24) is 0 Å². The summed E-state index contributed by atoms with van der Waals surface area (Å²) in [6, 6.07) is 9.48. The van der Waals surface area contributed by atoms with Crippen LogP contribution in [0.15, 0.2) is 41.3 Å². The molecule has 6 heteroatoms. The molecule has 0 fully saturated rings. The van der Waals surface area contributed by atoms with Gasteiger partial charge >= 0.3 is 0 Å². The van der Waals surface area contributed by atoms with E-state index in [0.717, 1.165) is 15.9 Å². The Kier molecular flexibility index (Phi) is 3.91. The second kappa shape index (κ2) is 5.37. The number of anilines is 2. The highest BCUT2D eigenvalue weighted by Gasteiger charge is 2.26. The predicted molar refractivity (Wildman–Crippen MR) is 82.3 cm³/mol. The van der Waals surface area contributed by atoms with E-state index in [1.54, 1.807) is 12.1 Å². The molecule has 0 aliphatic heterocycles. The molecule has 0 saturated carbocycles. The van der Waals surface area contributed by atoms with Crippen LogP contribution < -0.4 is 10.0 Å². The van der Waals surface area contributed by atoms with Gasteiger partial charge in [-0.1, -0.05) is 18.2 Å². The van der Waals surface area contributed by atoms with Crippen molar-refractivity contribution in [3.05, 3.63) is 53.3 Å². The van der Waals surface area contributed by atoms with E-state index in [1.165, 1.54) is 20.0 Å². The SMILES string of the molecule is Cc1ccccc1N(C)S(=O)(=O)c1cc(N)cc(F)c1C. The minimum absolute atomic E-state index is 0.0598. The van der Waals surface area contributed by atoms with Crippen LogP contribution in [-0.2, 0) is 10.0 Å². The molecule has 0 aliphatic rings. The summed E-state index contributed by atoms with van der Waals surface area (Å²) < 4.78 is 40.3. The second-order valence-electron chi connectivity index (χ2n) is 4.88. The van der Waals surface area contributed by atoms with E-state index in [0.29, 0.717) is 5.69 Å². The van der Waals surface area contributed by atoms with Gasteiger partial charge in [-0.3, -0.25) is 4.31 Å². The average molecular weight is 308 g/mol. The Labute approximate surface area is 124 Å². The summed E-state index contributed by atoms with van der Waals surface area (Å²) in [5.41, 5.74) is 7.06. The average Bonchev–Trinajstić information content (AvgIpc) is 2.42. The van der Waals surface area contributed by atoms with E-state index in [1.807, 2.05) is 19.1 Å². The second-order valence-corrected chi connectivity index (χ2v) is 6.82. The first-order valence-corrected chi connectivity index (χ1v) is 7.79. The standard InChI is InChI=1S/C15H17FN2O2S/c1-10-6-4-5-7-14(10)18(3)21(19,20)15-9-12(17)8-13(16)11(15)2/h4-9H,17H2,1-3H3. The number of nitrogens with two attached hydrogens (primary N) is 1. The van der Waals surface area contributed by atoms with Crippen molar-refractivity contribution in [2.24, 2.45) is 0 Å². The first kappa shape index (κ1) is 15.3. The zero-order valence-corrected chi connectivity index (χ0v) is 12.9. The van der Waals surface area contributed by atoms with Crippen LogP contribution in [0.3, 0.4) is 0 Å². The lowest BCUT2D eigenvalue weighted by Crippen LogP contribution is -2.28. The predicted octanol–water partition coefficient (Wildman–Crippen LogP) is 2.85. The van der Waals surface area contributed by atoms with Crippen molar-refractivity contribution in [2.45, 2.75) is 18.7 Å². The third kappa shape index (κ3) is 2.71. The number of sulfonamides is 1. The molecular weight excluding hydrogens is 291 g/mol. The molecule has 0 radical (unpaired) electrons. The fourth-order valence-corrected chi connectivity index (χ4v) is 3.66. The number of halogens is 1. The van der Waals surface area contributed by atoms with E-state index in [-0.39, 0.29) is 16.1 Å². The number of benzene rings is 2. The first-order chi connectivity index (χ1) is 9.75. The van der Waals surface area contributed by atoms with Gasteiger partial charge in [0.05, 0.1) is 10.6 Å². The van der Waals surface area contributed by atoms with Crippen molar-refractivity contribution in [2.75, 3.05) is 17.1 Å². The van der Waals surface area contributed by atoms with Gasteiger partial charge in [0, 0.05) is 18.3 Å². The lowest BCUT2D eigenvalue weighted by molar-refractivity contribution is 0.585. The summed E-state index contributed by atoms with van der Waals surface area (Å²) in [6.45, 7) is 3.24. The number of para-hydroxylation sites is 1. The molecule has 4 nitrogen and oxygen atoms in total. The Balaban J connectivity index is 2.60. The highest BCUT2D eigenvalue weighted by molar-refractivity contribution is 7.92. The number of rotatable bonds is 3. The number of hydrogen-bond acceptors (Lipinski definition) is 3. The minimum atomic E-state index is -3.88. The Morgan fingerprint density at radius 2 is 1.76 bits per heavy atom. The Morgan fingerprint density at radius 3 is 2.38 bits per heavy atom. The van der Waals surface area contributed by atoms with Crippen LogP contribution in [-0.4, -0.2) is 15.5 Å². The maximum Gasteiger partial charge on any atom is 0.264 e. The molecular formula is C15H17FN2O2S. The fraction of sp³-hybridized carbons (Fsp3) is 0.200. The van der Waals surface area contributed by atoms with E-state index in [2.05, 4.69) is 0 Å². The van der Waals surface area contributed by atoms with Crippen LogP contribution in [0.1, 0.15) is 11.1 Å². The van der Waals surface area contributed by atoms with E-state index >= 15 is 0 Å². The summed E-state index contributed by atoms with van der Waals surface area (Å²) in [5.74, 6) is -0.633. The van der Waals surface area contributed by atoms with Gasteiger partial charge in [0.15, 0.2) is 0 Å². The number of nitrogen functional groups attached to an aromatic ring is 1. The molecule has 2 rings (SSSR count). The van der Waals surface area contributed by atoms with Crippen molar-refractivity contribution in [3.63, 3.8) is 0 Å². The van der Waals surface area contributed by atoms with E-state index in [4.69, 9.17) is 5.73 Å². The summed E-state index contributed by atoms with van der Waals surface area (Å²) >= 11 is 0. The number of hydrogen-bond donors (Lipinski definition) is 1. The quantitative estimate of drug-likeness (QED) is 0.887. The van der Waals surface area contributed by atoms with Crippen LogP contribution in [0.25, 0.3) is 0 Å². The Hall–Kier alpha value is -2.08. The fourth-order valence-electron chi connectivity index (χ4n) is 2.14. The molecule has 2 aromatic rings. The molecule has 0 heterocycles. The van der Waals surface area contributed by atoms with Crippen LogP contribution in [0.5, 0.6) is 0 Å². The van der Waals surface area contributed by atoms with Gasteiger partial charge in [-0.15, -0.1) is 0 Å². The molecule has 2 aromatic carbocycles. The van der Waals surface area contributed by atoms with Crippen molar-refractivity contribution in [1.29, 1.82) is 0 Å². The van der Waals surface area contributed by atoms with Crippen molar-refractivity contribution < 1.29 is 12.8 Å². The smallest absolute Gasteiger partial charge is 0.264 e. The highest BCUT2D eigenvalue weighted by atomic mass is 32.2. The third-order valence-corrected chi connectivity index (χ3v) is 5.31. The zero-order valence-electron chi connectivity index (χ0n) is 12.1. The van der Waals surface area contributed by atoms with Crippen molar-refractivity contribution >= 4 is 21.4 Å². The Bertz CT molecular complexity index is 788. The molecule has 0 bridgehead atoms. The van der Waals surface area contributed by atoms with Gasteiger partial charge in [-0.2, -0.15) is 0 Å². The summed E-state index contributed by atoms with van der Waals surface area (Å²) in [7, 11) is -2.43. The maximum absolute atomic E-state index is 13.8. The molecule has 0 spiro atoms. The molecule has 21 heavy (non-hydrogen) atoms. The summed E-state index contributed by atoms with van der Waals surface area (Å²) in [5, 5.41) is 0. The van der Waals surface area contributed by atoms with Crippen LogP contribution in [0.2, 0.25) is 0 Å². The number of aryl methyl sites for hydroxylation is 1. The minimum Gasteiger partial charge on any atom is -0.399 e. The molecule has 0 amide bonds. The van der Waals surface area contributed by atoms with Gasteiger partial charge in [0.2, 0.25) is 0 Å². The molecule has 0 saturated heterocycles. The van der Waals surface area contributed by atoms with Gasteiger partial charge in [-0.25, -0.2) is 12.8 Å². The van der Waals surface area contributed by atoms with Gasteiger partial charge in [0.25, 0.3) is 10.0 Å². The lowest BCUT2D eigenvalue weighted by atomic mass is 10.2. The van der Waals surface area contributed by atoms with Gasteiger partial charge < -0.3 is 5.73 Å². The lowest BCUT2D eigenvalue weighted by Gasteiger charge is -2.22. The van der Waals surface area contributed by atoms with E-state index < -0.39 is 15.8 Å². The molecule has 0 atom stereocenters. The highest BCUT2D eigenvalue weighted by Crippen LogP contribution is 2.29. The summed E-state index contributed by atoms with van der Waals surface area (Å²) in [6.07, 6.45) is 0. The largest absolute Gasteiger partial charge is 0.399 e. The maximum atomic E-state index is 13.8. The molecule has 2 N–H and O–H groups in total. The normalized spacial score (nSPS) is 11.4. The monoisotopic (exact) mass is 308 g/mol. The first-order valence-electron chi connectivity index (χ1n) is 6.35.